The van der Waals surface area contributed by atoms with Crippen molar-refractivity contribution in [1.82, 2.24) is 9.55 Å². The van der Waals surface area contributed by atoms with Gasteiger partial charge in [-0.25, -0.2) is 4.98 Å². The van der Waals surface area contributed by atoms with Gasteiger partial charge in [-0.1, -0.05) is 0 Å². The molecule has 0 atom stereocenters. The van der Waals surface area contributed by atoms with Crippen molar-refractivity contribution in [2.24, 2.45) is 0 Å². The molecule has 26 heavy (non-hydrogen) atoms. The van der Waals surface area contributed by atoms with E-state index in [1.54, 1.807) is 6.20 Å². The molecular formula is C15H11F8N3. The molecule has 0 amide bonds. The summed E-state index contributed by atoms with van der Waals surface area (Å²) >= 11 is 0. The summed E-state index contributed by atoms with van der Waals surface area (Å²) < 4.78 is 110. The Labute approximate surface area is 141 Å². The zero-order valence-electron chi connectivity index (χ0n) is 12.8. The average molecular weight is 385 g/mol. The van der Waals surface area contributed by atoms with Crippen molar-refractivity contribution in [2.75, 3.05) is 18.0 Å². The molecule has 0 saturated carbocycles. The Morgan fingerprint density at radius 1 is 0.731 bits per heavy atom. The minimum absolute atomic E-state index is 0.131. The van der Waals surface area contributed by atoms with Gasteiger partial charge in [0.15, 0.2) is 0 Å². The van der Waals surface area contributed by atoms with Crippen LogP contribution in [0.25, 0.3) is 5.69 Å². The van der Waals surface area contributed by atoms with Crippen molar-refractivity contribution in [3.8, 4) is 5.69 Å². The maximum atomic E-state index is 13.7. The molecule has 1 aromatic heterocycles. The second-order valence-corrected chi connectivity index (χ2v) is 5.90. The molecule has 0 radical (unpaired) electrons. The first-order valence-electron chi connectivity index (χ1n) is 7.24. The molecule has 2 heterocycles. The van der Waals surface area contributed by atoms with E-state index in [1.807, 2.05) is 0 Å². The summed E-state index contributed by atoms with van der Waals surface area (Å²) in [6.07, 6.45) is 4.41. The molecule has 1 aromatic carbocycles. The fraction of sp³-hybridized carbons (Fsp3) is 0.400. The number of hydrogen-bond donors (Lipinski definition) is 0. The lowest BCUT2D eigenvalue weighted by molar-refractivity contribution is -0.353. The maximum absolute atomic E-state index is 13.7. The van der Waals surface area contributed by atoms with Gasteiger partial charge in [-0.15, -0.1) is 0 Å². The van der Waals surface area contributed by atoms with Gasteiger partial charge in [0.05, 0.1) is 19.4 Å². The number of benzene rings is 1. The van der Waals surface area contributed by atoms with Crippen LogP contribution in [0.4, 0.5) is 40.8 Å². The smallest absolute Gasteiger partial charge is 0.359 e. The molecule has 11 heteroatoms. The van der Waals surface area contributed by atoms with Gasteiger partial charge in [-0.3, -0.25) is 0 Å². The van der Waals surface area contributed by atoms with Crippen molar-refractivity contribution in [3.63, 3.8) is 0 Å². The van der Waals surface area contributed by atoms with E-state index in [1.165, 1.54) is 29.2 Å². The number of aromatic nitrogens is 2. The van der Waals surface area contributed by atoms with Crippen molar-refractivity contribution >= 4 is 5.69 Å². The van der Waals surface area contributed by atoms with E-state index in [4.69, 9.17) is 0 Å². The standard InChI is InChI=1S/C15H11F8N3/c16-12(17)7-26(8-13(18,19)15(22,23)14(12,20)21)11-3-1-10(2-4-11)25-6-5-24-9-25/h1-6,9H,7-8H2. The predicted octanol–water partition coefficient (Wildman–Crippen LogP) is 4.23. The van der Waals surface area contributed by atoms with E-state index in [0.717, 1.165) is 12.1 Å². The second kappa shape index (κ2) is 5.58. The number of alkyl halides is 8. The first kappa shape index (κ1) is 18.5. The second-order valence-electron chi connectivity index (χ2n) is 5.90. The molecule has 0 aliphatic carbocycles. The van der Waals surface area contributed by atoms with Gasteiger partial charge in [0, 0.05) is 23.8 Å². The van der Waals surface area contributed by atoms with Gasteiger partial charge < -0.3 is 9.47 Å². The van der Waals surface area contributed by atoms with Crippen LogP contribution in [0.1, 0.15) is 0 Å². The summed E-state index contributed by atoms with van der Waals surface area (Å²) in [4.78, 5) is 3.91. The van der Waals surface area contributed by atoms with Crippen LogP contribution in [-0.2, 0) is 0 Å². The van der Waals surface area contributed by atoms with Crippen LogP contribution in [0, 0.1) is 0 Å². The van der Waals surface area contributed by atoms with E-state index in [2.05, 4.69) is 4.98 Å². The van der Waals surface area contributed by atoms with Crippen LogP contribution >= 0.6 is 0 Å². The minimum atomic E-state index is -6.20. The molecule has 0 unspecified atom stereocenters. The molecule has 1 fully saturated rings. The number of imidazole rings is 1. The van der Waals surface area contributed by atoms with Crippen molar-refractivity contribution < 1.29 is 35.1 Å². The molecule has 0 N–H and O–H groups in total. The number of nitrogens with zero attached hydrogens (tertiary/aromatic N) is 3. The van der Waals surface area contributed by atoms with Gasteiger partial charge in [-0.2, -0.15) is 35.1 Å². The highest BCUT2D eigenvalue weighted by Crippen LogP contribution is 2.55. The van der Waals surface area contributed by atoms with Gasteiger partial charge >= 0.3 is 23.7 Å². The largest absolute Gasteiger partial charge is 0.380 e. The Bertz CT molecular complexity index is 743. The lowest BCUT2D eigenvalue weighted by Gasteiger charge is -2.32. The summed E-state index contributed by atoms with van der Waals surface area (Å²) in [5, 5.41) is 0. The first-order valence-corrected chi connectivity index (χ1v) is 7.24. The number of halogens is 8. The van der Waals surface area contributed by atoms with E-state index in [-0.39, 0.29) is 10.6 Å². The summed E-state index contributed by atoms with van der Waals surface area (Å²) in [5.74, 6) is -23.1. The Kier molecular flexibility index (Phi) is 3.96. The fourth-order valence-corrected chi connectivity index (χ4v) is 2.62. The fourth-order valence-electron chi connectivity index (χ4n) is 2.62. The number of rotatable bonds is 2. The van der Waals surface area contributed by atoms with Gasteiger partial charge in [0.2, 0.25) is 0 Å². The van der Waals surface area contributed by atoms with E-state index in [9.17, 15) is 35.1 Å². The summed E-state index contributed by atoms with van der Waals surface area (Å²) in [5.41, 5.74) is 0.164. The third-order valence-corrected chi connectivity index (χ3v) is 4.11. The van der Waals surface area contributed by atoms with E-state index in [0.29, 0.717) is 5.69 Å². The molecule has 1 aliphatic heterocycles. The third-order valence-electron chi connectivity index (χ3n) is 4.11. The van der Waals surface area contributed by atoms with Gasteiger partial charge in [0.1, 0.15) is 0 Å². The van der Waals surface area contributed by atoms with Crippen LogP contribution in [0.3, 0.4) is 0 Å². The van der Waals surface area contributed by atoms with Crippen molar-refractivity contribution in [2.45, 2.75) is 23.7 Å². The molecule has 142 valence electrons. The predicted molar refractivity (Wildman–Crippen MR) is 75.6 cm³/mol. The molecule has 0 spiro atoms. The topological polar surface area (TPSA) is 21.1 Å². The highest BCUT2D eigenvalue weighted by atomic mass is 19.4. The zero-order chi connectivity index (χ0) is 19.4. The normalized spacial score (nSPS) is 23.5. The molecule has 2 aromatic rings. The zero-order valence-corrected chi connectivity index (χ0v) is 12.8. The Hall–Kier alpha value is -2.33. The summed E-state index contributed by atoms with van der Waals surface area (Å²) in [7, 11) is 0. The summed E-state index contributed by atoms with van der Waals surface area (Å²) in [6.45, 7) is -3.95. The van der Waals surface area contributed by atoms with Crippen LogP contribution in [0.5, 0.6) is 0 Å². The van der Waals surface area contributed by atoms with E-state index < -0.39 is 36.8 Å². The molecular weight excluding hydrogens is 374 g/mol. The number of hydrogen-bond acceptors (Lipinski definition) is 2. The summed E-state index contributed by atoms with van der Waals surface area (Å²) in [6, 6.07) is 4.86. The first-order chi connectivity index (χ1) is 11.9. The Balaban J connectivity index is 1.98. The maximum Gasteiger partial charge on any atom is 0.380 e. The number of anilines is 1. The van der Waals surface area contributed by atoms with Crippen LogP contribution < -0.4 is 4.90 Å². The van der Waals surface area contributed by atoms with Crippen molar-refractivity contribution in [1.29, 1.82) is 0 Å². The third kappa shape index (κ3) is 2.60. The van der Waals surface area contributed by atoms with Gasteiger partial charge in [0.25, 0.3) is 0 Å². The Morgan fingerprint density at radius 3 is 1.62 bits per heavy atom. The van der Waals surface area contributed by atoms with Crippen LogP contribution in [0.15, 0.2) is 43.0 Å². The highest BCUT2D eigenvalue weighted by molar-refractivity contribution is 5.52. The monoisotopic (exact) mass is 385 g/mol. The van der Waals surface area contributed by atoms with Gasteiger partial charge in [-0.05, 0) is 24.3 Å². The lowest BCUT2D eigenvalue weighted by Crippen LogP contribution is -2.61. The van der Waals surface area contributed by atoms with Crippen LogP contribution in [-0.4, -0.2) is 46.3 Å². The molecule has 3 nitrogen and oxygen atoms in total. The quantitative estimate of drug-likeness (QED) is 0.722. The molecule has 3 rings (SSSR count). The molecule has 1 aliphatic rings. The molecule has 1 saturated heterocycles. The molecule has 0 bridgehead atoms. The lowest BCUT2D eigenvalue weighted by atomic mass is 10.0. The van der Waals surface area contributed by atoms with Crippen LogP contribution in [0.2, 0.25) is 0 Å². The highest BCUT2D eigenvalue weighted by Gasteiger charge is 2.82. The minimum Gasteiger partial charge on any atom is -0.359 e. The average Bonchev–Trinajstić information content (AvgIpc) is 3.06. The van der Waals surface area contributed by atoms with Crippen molar-refractivity contribution in [3.05, 3.63) is 43.0 Å². The Morgan fingerprint density at radius 2 is 1.19 bits per heavy atom. The van der Waals surface area contributed by atoms with E-state index >= 15 is 0 Å². The SMILES string of the molecule is FC1(F)CN(c2ccc(-n3ccnc3)cc2)CC(F)(F)C(F)(F)C1(F)F.